The average Bonchev–Trinajstić information content (AvgIpc) is 3.00. The van der Waals surface area contributed by atoms with E-state index in [-0.39, 0.29) is 17.7 Å². The molecule has 1 unspecified atom stereocenters. The summed E-state index contributed by atoms with van der Waals surface area (Å²) in [6, 6.07) is 12.9. The van der Waals surface area contributed by atoms with Crippen molar-refractivity contribution in [3.8, 4) is 11.1 Å². The van der Waals surface area contributed by atoms with Crippen LogP contribution in [0.15, 0.2) is 48.5 Å². The van der Waals surface area contributed by atoms with E-state index in [1.54, 1.807) is 42.5 Å². The largest absolute Gasteiger partial charge is 0.478 e. The molecule has 0 bridgehead atoms. The Morgan fingerprint density at radius 3 is 1.96 bits per heavy atom. The van der Waals surface area contributed by atoms with Crippen LogP contribution in [0.4, 0.5) is 8.78 Å². The number of aromatic carboxylic acids is 1. The Bertz CT molecular complexity index is 863. The molecule has 0 spiro atoms. The minimum Gasteiger partial charge on any atom is -0.478 e. The van der Waals surface area contributed by atoms with Crippen molar-refractivity contribution in [3.05, 3.63) is 59.7 Å². The summed E-state index contributed by atoms with van der Waals surface area (Å²) < 4.78 is 27.4. The van der Waals surface area contributed by atoms with Crippen LogP contribution < -0.4 is 5.32 Å². The Kier molecular flexibility index (Phi) is 4.30. The predicted molar refractivity (Wildman–Crippen MR) is 93.4 cm³/mol. The molecule has 1 saturated carbocycles. The van der Waals surface area contributed by atoms with Crippen LogP contribution in [0.5, 0.6) is 0 Å². The minimum absolute atomic E-state index is 0.0719. The number of nitrogens with one attached hydrogen (secondary N) is 1. The van der Waals surface area contributed by atoms with Crippen molar-refractivity contribution >= 4 is 11.9 Å². The molecule has 4 nitrogen and oxygen atoms in total. The van der Waals surface area contributed by atoms with Crippen molar-refractivity contribution in [1.82, 2.24) is 5.32 Å². The van der Waals surface area contributed by atoms with Gasteiger partial charge in [0.15, 0.2) is 0 Å². The SMILES string of the molecule is CC1(C)C(CNC(=O)c2ccccc2-c2ccccc2C(=O)O)C1(F)F. The van der Waals surface area contributed by atoms with Crippen LogP contribution in [0, 0.1) is 11.3 Å². The lowest BCUT2D eigenvalue weighted by atomic mass is 9.95. The third kappa shape index (κ3) is 2.85. The fourth-order valence-corrected chi connectivity index (χ4v) is 3.25. The topological polar surface area (TPSA) is 66.4 Å². The molecule has 2 aromatic rings. The molecule has 1 aliphatic carbocycles. The van der Waals surface area contributed by atoms with E-state index < -0.39 is 29.1 Å². The van der Waals surface area contributed by atoms with E-state index in [0.29, 0.717) is 11.1 Å². The molecule has 0 saturated heterocycles. The summed E-state index contributed by atoms with van der Waals surface area (Å²) in [5.74, 6) is -5.30. The lowest BCUT2D eigenvalue weighted by Gasteiger charge is -2.12. The molecule has 0 aromatic heterocycles. The van der Waals surface area contributed by atoms with E-state index in [1.807, 2.05) is 0 Å². The number of halogens is 2. The van der Waals surface area contributed by atoms with E-state index in [9.17, 15) is 23.5 Å². The van der Waals surface area contributed by atoms with Crippen LogP contribution in [0.25, 0.3) is 11.1 Å². The highest BCUT2D eigenvalue weighted by atomic mass is 19.3. The molecule has 26 heavy (non-hydrogen) atoms. The minimum atomic E-state index is -2.80. The first kappa shape index (κ1) is 18.0. The van der Waals surface area contributed by atoms with Crippen molar-refractivity contribution in [2.45, 2.75) is 19.8 Å². The van der Waals surface area contributed by atoms with Gasteiger partial charge >= 0.3 is 5.97 Å². The van der Waals surface area contributed by atoms with Crippen LogP contribution in [0.3, 0.4) is 0 Å². The molecule has 0 radical (unpaired) electrons. The van der Waals surface area contributed by atoms with Gasteiger partial charge in [-0.1, -0.05) is 50.2 Å². The van der Waals surface area contributed by atoms with Gasteiger partial charge in [0.2, 0.25) is 0 Å². The lowest BCUT2D eigenvalue weighted by molar-refractivity contribution is 0.0659. The van der Waals surface area contributed by atoms with Crippen molar-refractivity contribution < 1.29 is 23.5 Å². The fraction of sp³-hybridized carbons (Fsp3) is 0.300. The Hall–Kier alpha value is -2.76. The monoisotopic (exact) mass is 359 g/mol. The van der Waals surface area contributed by atoms with Crippen molar-refractivity contribution in [1.29, 1.82) is 0 Å². The van der Waals surface area contributed by atoms with Gasteiger partial charge in [0.25, 0.3) is 11.8 Å². The molecular formula is C20H19F2NO3. The van der Waals surface area contributed by atoms with Gasteiger partial charge in [-0.3, -0.25) is 4.79 Å². The van der Waals surface area contributed by atoms with E-state index in [2.05, 4.69) is 5.32 Å². The summed E-state index contributed by atoms with van der Waals surface area (Å²) in [4.78, 5) is 24.0. The second kappa shape index (κ2) is 6.20. The fourth-order valence-electron chi connectivity index (χ4n) is 3.25. The van der Waals surface area contributed by atoms with Crippen LogP contribution in [0.1, 0.15) is 34.6 Å². The van der Waals surface area contributed by atoms with E-state index in [1.165, 1.54) is 19.9 Å². The number of carbonyl (C=O) groups excluding carboxylic acids is 1. The van der Waals surface area contributed by atoms with Crippen molar-refractivity contribution in [2.24, 2.45) is 11.3 Å². The first-order valence-corrected chi connectivity index (χ1v) is 8.25. The Labute approximate surface area is 149 Å². The zero-order valence-electron chi connectivity index (χ0n) is 14.4. The van der Waals surface area contributed by atoms with Gasteiger partial charge in [-0.05, 0) is 23.3 Å². The molecule has 2 N–H and O–H groups in total. The number of carbonyl (C=O) groups is 2. The average molecular weight is 359 g/mol. The normalized spacial score (nSPS) is 19.6. The third-order valence-corrected chi connectivity index (χ3v) is 5.17. The molecule has 136 valence electrons. The van der Waals surface area contributed by atoms with Crippen molar-refractivity contribution in [3.63, 3.8) is 0 Å². The first-order chi connectivity index (χ1) is 12.2. The summed E-state index contributed by atoms with van der Waals surface area (Å²) in [6.07, 6.45) is 0. The molecule has 2 aromatic carbocycles. The summed E-state index contributed by atoms with van der Waals surface area (Å²) in [7, 11) is 0. The maximum atomic E-state index is 13.7. The van der Waals surface area contributed by atoms with E-state index in [0.717, 1.165) is 0 Å². The molecule has 6 heteroatoms. The number of amides is 1. The van der Waals surface area contributed by atoms with Gasteiger partial charge in [0, 0.05) is 17.5 Å². The number of alkyl halides is 2. The maximum Gasteiger partial charge on any atom is 0.336 e. The highest BCUT2D eigenvalue weighted by Gasteiger charge is 2.74. The van der Waals surface area contributed by atoms with Gasteiger partial charge in [-0.15, -0.1) is 0 Å². The van der Waals surface area contributed by atoms with Gasteiger partial charge in [-0.2, -0.15) is 0 Å². The predicted octanol–water partition coefficient (Wildman–Crippen LogP) is 4.07. The molecule has 1 aliphatic rings. The molecular weight excluding hydrogens is 340 g/mol. The highest BCUT2D eigenvalue weighted by molar-refractivity contribution is 6.04. The third-order valence-electron chi connectivity index (χ3n) is 5.17. The number of carboxylic acids is 1. The number of benzene rings is 2. The summed E-state index contributed by atoms with van der Waals surface area (Å²) in [5.41, 5.74) is 0.0497. The zero-order chi connectivity index (χ0) is 19.1. The number of hydrogen-bond acceptors (Lipinski definition) is 2. The second-order valence-corrected chi connectivity index (χ2v) is 7.00. The highest BCUT2D eigenvalue weighted by Crippen LogP contribution is 2.65. The summed E-state index contributed by atoms with van der Waals surface area (Å²) >= 11 is 0. The number of carboxylic acid groups (broad SMARTS) is 1. The summed E-state index contributed by atoms with van der Waals surface area (Å²) in [6.45, 7) is 2.81. The lowest BCUT2D eigenvalue weighted by Crippen LogP contribution is -2.27. The van der Waals surface area contributed by atoms with Crippen molar-refractivity contribution in [2.75, 3.05) is 6.54 Å². The van der Waals surface area contributed by atoms with Crippen LogP contribution in [0.2, 0.25) is 0 Å². The van der Waals surface area contributed by atoms with Gasteiger partial charge in [0.1, 0.15) is 0 Å². The molecule has 3 rings (SSSR count). The molecule has 1 fully saturated rings. The molecule has 1 atom stereocenters. The maximum absolute atomic E-state index is 13.7. The van der Waals surface area contributed by atoms with Crippen LogP contribution >= 0.6 is 0 Å². The standard InChI is InChI=1S/C20H19F2NO3/c1-19(2)16(20(19,21)22)11-23-17(24)14-9-5-3-7-12(14)13-8-4-6-10-15(13)18(25)26/h3-10,16H,11H2,1-2H3,(H,23,24)(H,25,26). The number of hydrogen-bond donors (Lipinski definition) is 2. The Balaban J connectivity index is 1.87. The molecule has 0 heterocycles. The first-order valence-electron chi connectivity index (χ1n) is 8.25. The molecule has 1 amide bonds. The van der Waals surface area contributed by atoms with Gasteiger partial charge < -0.3 is 10.4 Å². The van der Waals surface area contributed by atoms with E-state index >= 15 is 0 Å². The van der Waals surface area contributed by atoms with Crippen LogP contribution in [-0.4, -0.2) is 29.5 Å². The number of rotatable bonds is 5. The van der Waals surface area contributed by atoms with Gasteiger partial charge in [0.05, 0.1) is 11.5 Å². The zero-order valence-corrected chi connectivity index (χ0v) is 14.4. The smallest absolute Gasteiger partial charge is 0.336 e. The molecule has 0 aliphatic heterocycles. The van der Waals surface area contributed by atoms with Crippen LogP contribution in [-0.2, 0) is 0 Å². The summed E-state index contributed by atoms with van der Waals surface area (Å²) in [5, 5.41) is 11.9. The quantitative estimate of drug-likeness (QED) is 0.846. The second-order valence-electron chi connectivity index (χ2n) is 7.00. The van der Waals surface area contributed by atoms with E-state index in [4.69, 9.17) is 0 Å². The Morgan fingerprint density at radius 1 is 1.00 bits per heavy atom. The Morgan fingerprint density at radius 2 is 1.46 bits per heavy atom. The van der Waals surface area contributed by atoms with Gasteiger partial charge in [-0.25, -0.2) is 13.6 Å².